The number of rotatable bonds is 4. The zero-order valence-corrected chi connectivity index (χ0v) is 6.84. The van der Waals surface area contributed by atoms with E-state index in [0.717, 1.165) is 12.8 Å². The largest absolute Gasteiger partial charge is 0.340 e. The van der Waals surface area contributed by atoms with E-state index in [1.165, 1.54) is 0 Å². The molecule has 0 aromatic heterocycles. The van der Waals surface area contributed by atoms with Gasteiger partial charge in [-0.25, -0.2) is 9.79 Å². The first kappa shape index (κ1) is 10.1. The Morgan fingerprint density at radius 1 is 1.73 bits per heavy atom. The van der Waals surface area contributed by atoms with Crippen LogP contribution < -0.4 is 11.1 Å². The first-order valence-electron chi connectivity index (χ1n) is 3.81. The first-order chi connectivity index (χ1) is 5.31. The summed E-state index contributed by atoms with van der Waals surface area (Å²) in [6.45, 7) is 3.13. The van der Waals surface area contributed by atoms with Gasteiger partial charge in [0.05, 0.1) is 0 Å². The quantitative estimate of drug-likeness (QED) is 0.461. The predicted molar refractivity (Wildman–Crippen MR) is 45.9 cm³/mol. The fraction of sp³-hybridized carbons (Fsp3) is 0.714. The van der Waals surface area contributed by atoms with Gasteiger partial charge in [0.15, 0.2) is 0 Å². The number of hydrogen-bond donors (Lipinski definition) is 2. The SMILES string of the molecule is CCC=NC(=O)NCCCN. The molecule has 0 heterocycles. The monoisotopic (exact) mass is 157 g/mol. The number of hydrogen-bond acceptors (Lipinski definition) is 2. The molecule has 0 saturated heterocycles. The molecule has 0 aliphatic heterocycles. The molecule has 0 fully saturated rings. The lowest BCUT2D eigenvalue weighted by Crippen LogP contribution is -2.22. The average molecular weight is 157 g/mol. The van der Waals surface area contributed by atoms with Crippen LogP contribution in [0.15, 0.2) is 4.99 Å². The topological polar surface area (TPSA) is 67.5 Å². The highest BCUT2D eigenvalue weighted by Gasteiger charge is 1.92. The highest BCUT2D eigenvalue weighted by atomic mass is 16.2. The van der Waals surface area contributed by atoms with E-state index in [-0.39, 0.29) is 6.03 Å². The van der Waals surface area contributed by atoms with Crippen molar-refractivity contribution >= 4 is 12.2 Å². The lowest BCUT2D eigenvalue weighted by Gasteiger charge is -1.97. The van der Waals surface area contributed by atoms with Gasteiger partial charge in [-0.3, -0.25) is 0 Å². The zero-order valence-electron chi connectivity index (χ0n) is 6.84. The van der Waals surface area contributed by atoms with Crippen LogP contribution in [0.1, 0.15) is 19.8 Å². The summed E-state index contributed by atoms with van der Waals surface area (Å²) in [5, 5.41) is 2.60. The second-order valence-corrected chi connectivity index (χ2v) is 2.09. The fourth-order valence-electron chi connectivity index (χ4n) is 0.517. The molecule has 4 heteroatoms. The van der Waals surface area contributed by atoms with Crippen LogP contribution in [0.25, 0.3) is 0 Å². The summed E-state index contributed by atoms with van der Waals surface area (Å²) in [6.07, 6.45) is 3.16. The van der Waals surface area contributed by atoms with Crippen LogP contribution in [0, 0.1) is 0 Å². The normalized spacial score (nSPS) is 10.4. The first-order valence-corrected chi connectivity index (χ1v) is 3.81. The maximum absolute atomic E-state index is 10.7. The molecule has 0 rings (SSSR count). The van der Waals surface area contributed by atoms with E-state index in [2.05, 4.69) is 10.3 Å². The van der Waals surface area contributed by atoms with Gasteiger partial charge in [-0.15, -0.1) is 0 Å². The molecule has 0 saturated carbocycles. The van der Waals surface area contributed by atoms with Gasteiger partial charge >= 0.3 is 6.03 Å². The Labute approximate surface area is 66.9 Å². The smallest absolute Gasteiger partial charge is 0.336 e. The highest BCUT2D eigenvalue weighted by molar-refractivity contribution is 5.83. The molecule has 0 radical (unpaired) electrons. The molecule has 0 spiro atoms. The second-order valence-electron chi connectivity index (χ2n) is 2.09. The molecule has 0 aliphatic rings. The number of amides is 2. The summed E-state index contributed by atoms with van der Waals surface area (Å²) in [7, 11) is 0. The molecule has 4 nitrogen and oxygen atoms in total. The van der Waals surface area contributed by atoms with E-state index in [1.807, 2.05) is 6.92 Å². The van der Waals surface area contributed by atoms with Crippen molar-refractivity contribution in [1.29, 1.82) is 0 Å². The van der Waals surface area contributed by atoms with Crippen LogP contribution in [0.3, 0.4) is 0 Å². The number of carbonyl (C=O) groups excluding carboxylic acids is 1. The van der Waals surface area contributed by atoms with Gasteiger partial charge < -0.3 is 11.1 Å². The fourth-order valence-corrected chi connectivity index (χ4v) is 0.517. The third kappa shape index (κ3) is 6.99. The van der Waals surface area contributed by atoms with Gasteiger partial charge in [0.2, 0.25) is 0 Å². The van der Waals surface area contributed by atoms with Gasteiger partial charge in [0, 0.05) is 12.8 Å². The Bertz CT molecular complexity index is 134. The highest BCUT2D eigenvalue weighted by Crippen LogP contribution is 1.76. The Morgan fingerprint density at radius 2 is 2.45 bits per heavy atom. The minimum Gasteiger partial charge on any atom is -0.336 e. The van der Waals surface area contributed by atoms with Gasteiger partial charge in [0.1, 0.15) is 0 Å². The van der Waals surface area contributed by atoms with Crippen molar-refractivity contribution in [3.8, 4) is 0 Å². The summed E-state index contributed by atoms with van der Waals surface area (Å²) in [5.41, 5.74) is 5.23. The summed E-state index contributed by atoms with van der Waals surface area (Å²) >= 11 is 0. The number of nitrogens with two attached hydrogens (primary N) is 1. The Hall–Kier alpha value is -0.900. The van der Waals surface area contributed by atoms with Crippen LogP contribution >= 0.6 is 0 Å². The van der Waals surface area contributed by atoms with Crippen LogP contribution in [0.4, 0.5) is 4.79 Å². The standard InChI is InChI=1S/C7H15N3O/c1-2-5-9-7(11)10-6-3-4-8/h5H,2-4,6,8H2,1H3,(H,10,11). The summed E-state index contributed by atoms with van der Waals surface area (Å²) in [4.78, 5) is 14.3. The number of nitrogens with one attached hydrogen (secondary N) is 1. The Morgan fingerprint density at radius 3 is 3.00 bits per heavy atom. The van der Waals surface area contributed by atoms with Crippen molar-refractivity contribution in [2.24, 2.45) is 10.7 Å². The molecule has 0 bridgehead atoms. The third-order valence-corrected chi connectivity index (χ3v) is 1.05. The minimum atomic E-state index is -0.277. The van der Waals surface area contributed by atoms with E-state index in [1.54, 1.807) is 6.21 Å². The van der Waals surface area contributed by atoms with Crippen molar-refractivity contribution < 1.29 is 4.79 Å². The van der Waals surface area contributed by atoms with Crippen molar-refractivity contribution in [3.63, 3.8) is 0 Å². The van der Waals surface area contributed by atoms with Gasteiger partial charge in [0.25, 0.3) is 0 Å². The van der Waals surface area contributed by atoms with Crippen LogP contribution in [-0.4, -0.2) is 25.3 Å². The molecule has 11 heavy (non-hydrogen) atoms. The Balaban J connectivity index is 3.30. The molecular formula is C7H15N3O. The minimum absolute atomic E-state index is 0.277. The number of carbonyl (C=O) groups is 1. The van der Waals surface area contributed by atoms with Crippen molar-refractivity contribution in [2.45, 2.75) is 19.8 Å². The molecular weight excluding hydrogens is 142 g/mol. The van der Waals surface area contributed by atoms with E-state index in [9.17, 15) is 4.79 Å². The lowest BCUT2D eigenvalue weighted by atomic mass is 10.4. The maximum Gasteiger partial charge on any atom is 0.340 e. The van der Waals surface area contributed by atoms with Gasteiger partial charge in [-0.2, -0.15) is 0 Å². The van der Waals surface area contributed by atoms with Gasteiger partial charge in [-0.1, -0.05) is 6.92 Å². The molecule has 0 aromatic rings. The van der Waals surface area contributed by atoms with E-state index in [4.69, 9.17) is 5.73 Å². The molecule has 3 N–H and O–H groups in total. The molecule has 2 amide bonds. The summed E-state index contributed by atoms with van der Waals surface area (Å²) in [6, 6.07) is -0.277. The Kier molecular flexibility index (Phi) is 6.62. The molecule has 0 atom stereocenters. The third-order valence-electron chi connectivity index (χ3n) is 1.05. The van der Waals surface area contributed by atoms with Crippen molar-refractivity contribution in [2.75, 3.05) is 13.1 Å². The van der Waals surface area contributed by atoms with Crippen molar-refractivity contribution in [1.82, 2.24) is 5.32 Å². The lowest BCUT2D eigenvalue weighted by molar-refractivity contribution is 0.249. The van der Waals surface area contributed by atoms with Crippen molar-refractivity contribution in [3.05, 3.63) is 0 Å². The zero-order chi connectivity index (χ0) is 8.53. The van der Waals surface area contributed by atoms with E-state index in [0.29, 0.717) is 13.1 Å². The molecule has 0 unspecified atom stereocenters. The predicted octanol–water partition coefficient (Wildman–Crippen LogP) is 0.526. The van der Waals surface area contributed by atoms with Crippen LogP contribution in [0.2, 0.25) is 0 Å². The second kappa shape index (κ2) is 7.21. The van der Waals surface area contributed by atoms with E-state index >= 15 is 0 Å². The summed E-state index contributed by atoms with van der Waals surface area (Å²) in [5.74, 6) is 0. The maximum atomic E-state index is 10.7. The van der Waals surface area contributed by atoms with Crippen LogP contribution in [-0.2, 0) is 0 Å². The number of nitrogens with zero attached hydrogens (tertiary/aromatic N) is 1. The number of urea groups is 1. The number of aliphatic imine (C=N–C) groups is 1. The van der Waals surface area contributed by atoms with Gasteiger partial charge in [-0.05, 0) is 19.4 Å². The van der Waals surface area contributed by atoms with E-state index < -0.39 is 0 Å². The molecule has 0 aliphatic carbocycles. The summed E-state index contributed by atoms with van der Waals surface area (Å²) < 4.78 is 0. The average Bonchev–Trinajstić information content (AvgIpc) is 2.01. The molecule has 64 valence electrons. The molecule has 0 aromatic carbocycles. The van der Waals surface area contributed by atoms with Crippen LogP contribution in [0.5, 0.6) is 0 Å².